The van der Waals surface area contributed by atoms with Gasteiger partial charge in [-0.05, 0) is 18.9 Å². The van der Waals surface area contributed by atoms with Crippen LogP contribution in [0.25, 0.3) is 10.8 Å². The van der Waals surface area contributed by atoms with Gasteiger partial charge in [-0.1, -0.05) is 37.6 Å². The fraction of sp³-hybridized carbons (Fsp3) is 0.333. The molecule has 0 saturated carbocycles. The van der Waals surface area contributed by atoms with Crippen LogP contribution in [0.1, 0.15) is 29.9 Å². The summed E-state index contributed by atoms with van der Waals surface area (Å²) in [5.74, 6) is -0.923. The molecule has 0 amide bonds. The maximum absolute atomic E-state index is 12.5. The van der Waals surface area contributed by atoms with Gasteiger partial charge in [0.25, 0.3) is 5.56 Å². The first-order valence-corrected chi connectivity index (χ1v) is 6.92. The lowest BCUT2D eigenvalue weighted by Gasteiger charge is -2.17. The van der Waals surface area contributed by atoms with E-state index in [-0.39, 0.29) is 27.6 Å². The van der Waals surface area contributed by atoms with E-state index in [0.717, 1.165) is 4.73 Å². The van der Waals surface area contributed by atoms with Gasteiger partial charge < -0.3 is 9.94 Å². The number of rotatable bonds is 4. The van der Waals surface area contributed by atoms with E-state index in [9.17, 15) is 14.7 Å². The zero-order valence-corrected chi connectivity index (χ0v) is 12.8. The lowest BCUT2D eigenvalue weighted by molar-refractivity contribution is 0.0659. The standard InChI is InChI=1S/C15H16ClNO4/c1-8(2)7-21-17-9(3)12(15(19)20)10-5-4-6-11(16)13(10)14(17)18/h4-6,8H,7H2,1-3H3,(H,19,20). The van der Waals surface area contributed by atoms with E-state index in [1.807, 2.05) is 13.8 Å². The highest BCUT2D eigenvalue weighted by Crippen LogP contribution is 2.25. The van der Waals surface area contributed by atoms with E-state index in [1.165, 1.54) is 0 Å². The van der Waals surface area contributed by atoms with Crippen molar-refractivity contribution in [1.82, 2.24) is 4.73 Å². The number of fused-ring (bicyclic) bond motifs is 1. The average Bonchev–Trinajstić information content (AvgIpc) is 2.37. The maximum atomic E-state index is 12.5. The number of halogens is 1. The van der Waals surface area contributed by atoms with Gasteiger partial charge in [0.05, 0.1) is 21.7 Å². The molecule has 0 aliphatic rings. The summed E-state index contributed by atoms with van der Waals surface area (Å²) >= 11 is 6.06. The normalized spacial score (nSPS) is 11.1. The van der Waals surface area contributed by atoms with E-state index in [2.05, 4.69) is 0 Å². The van der Waals surface area contributed by atoms with Gasteiger partial charge in [-0.3, -0.25) is 4.79 Å². The molecule has 1 aromatic carbocycles. The molecule has 0 radical (unpaired) electrons. The van der Waals surface area contributed by atoms with Crippen LogP contribution in [0, 0.1) is 12.8 Å². The molecule has 2 aromatic rings. The molecule has 2 rings (SSSR count). The molecule has 0 bridgehead atoms. The number of carboxylic acids is 1. The molecule has 21 heavy (non-hydrogen) atoms. The Kier molecular flexibility index (Phi) is 4.23. The van der Waals surface area contributed by atoms with Crippen LogP contribution in [0.15, 0.2) is 23.0 Å². The van der Waals surface area contributed by atoms with Crippen LogP contribution in [0.4, 0.5) is 0 Å². The van der Waals surface area contributed by atoms with Crippen LogP contribution < -0.4 is 10.4 Å². The minimum absolute atomic E-state index is 0.0239. The van der Waals surface area contributed by atoms with Crippen molar-refractivity contribution < 1.29 is 14.7 Å². The predicted molar refractivity (Wildman–Crippen MR) is 81.2 cm³/mol. The highest BCUT2D eigenvalue weighted by atomic mass is 35.5. The summed E-state index contributed by atoms with van der Waals surface area (Å²) in [7, 11) is 0. The van der Waals surface area contributed by atoms with Crippen molar-refractivity contribution in [3.05, 3.63) is 44.8 Å². The van der Waals surface area contributed by atoms with Crippen molar-refractivity contribution in [3.8, 4) is 0 Å². The first-order valence-electron chi connectivity index (χ1n) is 6.55. The van der Waals surface area contributed by atoms with Crippen LogP contribution in [0.5, 0.6) is 0 Å². The van der Waals surface area contributed by atoms with Crippen molar-refractivity contribution in [2.45, 2.75) is 20.8 Å². The molecule has 0 spiro atoms. The minimum atomic E-state index is -1.12. The van der Waals surface area contributed by atoms with Crippen molar-refractivity contribution in [1.29, 1.82) is 0 Å². The third kappa shape index (κ3) is 2.74. The van der Waals surface area contributed by atoms with E-state index in [4.69, 9.17) is 16.4 Å². The van der Waals surface area contributed by atoms with Gasteiger partial charge in [0, 0.05) is 5.39 Å². The third-order valence-corrected chi connectivity index (χ3v) is 3.41. The molecule has 0 unspecified atom stereocenters. The highest BCUT2D eigenvalue weighted by Gasteiger charge is 2.21. The van der Waals surface area contributed by atoms with Gasteiger partial charge in [0.1, 0.15) is 6.61 Å². The second kappa shape index (κ2) is 5.77. The molecule has 1 N–H and O–H groups in total. The van der Waals surface area contributed by atoms with Crippen LogP contribution in [-0.4, -0.2) is 22.4 Å². The Hall–Kier alpha value is -2.01. The van der Waals surface area contributed by atoms with Crippen LogP contribution in [0.2, 0.25) is 5.02 Å². The Balaban J connectivity index is 2.84. The maximum Gasteiger partial charge on any atom is 0.338 e. The second-order valence-electron chi connectivity index (χ2n) is 5.22. The lowest BCUT2D eigenvalue weighted by atomic mass is 10.0. The molecule has 1 heterocycles. The minimum Gasteiger partial charge on any atom is -0.478 e. The monoisotopic (exact) mass is 309 g/mol. The topological polar surface area (TPSA) is 68.5 Å². The smallest absolute Gasteiger partial charge is 0.338 e. The van der Waals surface area contributed by atoms with Gasteiger partial charge in [0.2, 0.25) is 0 Å². The zero-order chi connectivity index (χ0) is 15.7. The predicted octanol–water partition coefficient (Wildman–Crippen LogP) is 2.75. The van der Waals surface area contributed by atoms with E-state index >= 15 is 0 Å². The zero-order valence-electron chi connectivity index (χ0n) is 12.0. The lowest BCUT2D eigenvalue weighted by Crippen LogP contribution is -2.33. The van der Waals surface area contributed by atoms with Gasteiger partial charge in [-0.25, -0.2) is 4.79 Å². The molecule has 0 atom stereocenters. The van der Waals surface area contributed by atoms with Crippen molar-refractivity contribution in [3.63, 3.8) is 0 Å². The Labute approximate surface area is 126 Å². The highest BCUT2D eigenvalue weighted by molar-refractivity contribution is 6.35. The molecule has 0 aliphatic carbocycles. The molecule has 112 valence electrons. The quantitative estimate of drug-likeness (QED) is 0.943. The number of carboxylic acid groups (broad SMARTS) is 1. The summed E-state index contributed by atoms with van der Waals surface area (Å²) in [6.07, 6.45) is 0. The number of benzene rings is 1. The van der Waals surface area contributed by atoms with Crippen LogP contribution in [0.3, 0.4) is 0 Å². The summed E-state index contributed by atoms with van der Waals surface area (Å²) < 4.78 is 1.03. The molecule has 0 aliphatic heterocycles. The fourth-order valence-corrected chi connectivity index (χ4v) is 2.40. The largest absolute Gasteiger partial charge is 0.478 e. The van der Waals surface area contributed by atoms with Gasteiger partial charge in [-0.15, -0.1) is 4.73 Å². The first kappa shape index (κ1) is 15.4. The van der Waals surface area contributed by atoms with E-state index in [1.54, 1.807) is 25.1 Å². The Morgan fingerprint density at radius 2 is 2.10 bits per heavy atom. The number of aromatic nitrogens is 1. The van der Waals surface area contributed by atoms with Gasteiger partial charge in [-0.2, -0.15) is 0 Å². The first-order chi connectivity index (χ1) is 9.84. The summed E-state index contributed by atoms with van der Waals surface area (Å²) in [4.78, 5) is 29.5. The fourth-order valence-electron chi connectivity index (χ4n) is 2.15. The SMILES string of the molecule is Cc1c(C(=O)O)c2cccc(Cl)c2c(=O)n1OCC(C)C. The summed E-state index contributed by atoms with van der Waals surface area (Å²) in [6, 6.07) is 4.75. The number of nitrogens with zero attached hydrogens (tertiary/aromatic N) is 1. The Morgan fingerprint density at radius 3 is 2.67 bits per heavy atom. The van der Waals surface area contributed by atoms with Gasteiger partial charge >= 0.3 is 5.97 Å². The van der Waals surface area contributed by atoms with Gasteiger partial charge in [0.15, 0.2) is 0 Å². The summed E-state index contributed by atoms with van der Waals surface area (Å²) in [5, 5.41) is 10.1. The third-order valence-electron chi connectivity index (χ3n) is 3.10. The van der Waals surface area contributed by atoms with Crippen LogP contribution >= 0.6 is 11.6 Å². The van der Waals surface area contributed by atoms with E-state index < -0.39 is 11.5 Å². The molecular formula is C15H16ClNO4. The molecular weight excluding hydrogens is 294 g/mol. The van der Waals surface area contributed by atoms with Crippen molar-refractivity contribution >= 4 is 28.3 Å². The second-order valence-corrected chi connectivity index (χ2v) is 5.62. The molecule has 6 heteroatoms. The average molecular weight is 310 g/mol. The van der Waals surface area contributed by atoms with Crippen LogP contribution in [-0.2, 0) is 0 Å². The molecule has 0 fully saturated rings. The number of carbonyl (C=O) groups is 1. The van der Waals surface area contributed by atoms with E-state index in [0.29, 0.717) is 12.0 Å². The number of aromatic carboxylic acids is 1. The van der Waals surface area contributed by atoms with Crippen molar-refractivity contribution in [2.75, 3.05) is 6.61 Å². The number of hydrogen-bond donors (Lipinski definition) is 1. The Bertz CT molecular complexity index is 764. The Morgan fingerprint density at radius 1 is 1.43 bits per heavy atom. The molecule has 5 nitrogen and oxygen atoms in total. The molecule has 0 saturated heterocycles. The molecule has 1 aromatic heterocycles. The number of pyridine rings is 1. The van der Waals surface area contributed by atoms with Crippen molar-refractivity contribution in [2.24, 2.45) is 5.92 Å². The number of hydrogen-bond acceptors (Lipinski definition) is 3. The summed E-state index contributed by atoms with van der Waals surface area (Å²) in [6.45, 7) is 5.72. The summed E-state index contributed by atoms with van der Waals surface area (Å²) in [5.41, 5.74) is -0.169.